The molecule has 0 aromatic heterocycles. The first-order chi connectivity index (χ1) is 5.54. The molecule has 74 valence electrons. The molecule has 0 spiro atoms. The zero-order valence-corrected chi connectivity index (χ0v) is 9.41. The van der Waals surface area contributed by atoms with Crippen LogP contribution in [0.3, 0.4) is 0 Å². The van der Waals surface area contributed by atoms with Gasteiger partial charge in [-0.15, -0.1) is 0 Å². The largest absolute Gasteiger partial charge is 0.316 e. The van der Waals surface area contributed by atoms with E-state index < -0.39 is 0 Å². The van der Waals surface area contributed by atoms with Crippen LogP contribution in [0.4, 0.5) is 0 Å². The average Bonchev–Trinajstić information content (AvgIpc) is 2.05. The van der Waals surface area contributed by atoms with E-state index in [0.29, 0.717) is 5.41 Å². The lowest BCUT2D eigenvalue weighted by Crippen LogP contribution is -2.31. The summed E-state index contributed by atoms with van der Waals surface area (Å²) in [5.74, 6) is 0.772. The molecule has 0 aromatic rings. The number of nitrogens with one attached hydrogen (secondary N) is 1. The minimum atomic E-state index is 0.487. The quantitative estimate of drug-likeness (QED) is 0.606. The van der Waals surface area contributed by atoms with Crippen LogP contribution in [0, 0.1) is 11.3 Å². The zero-order chi connectivity index (χ0) is 9.61. The molecule has 0 radical (unpaired) electrons. The molecule has 0 aromatic carbocycles. The summed E-state index contributed by atoms with van der Waals surface area (Å²) in [5, 5.41) is 3.48. The summed E-state index contributed by atoms with van der Waals surface area (Å²) < 4.78 is 0. The predicted molar refractivity (Wildman–Crippen MR) is 56.4 cm³/mol. The van der Waals surface area contributed by atoms with Crippen LogP contribution in [0.2, 0.25) is 0 Å². The first kappa shape index (κ1) is 12.0. The van der Waals surface area contributed by atoms with Gasteiger partial charge in [0, 0.05) is 0 Å². The van der Waals surface area contributed by atoms with Gasteiger partial charge in [0.1, 0.15) is 0 Å². The highest BCUT2D eigenvalue weighted by atomic mass is 14.9. The molecule has 1 N–H and O–H groups in total. The van der Waals surface area contributed by atoms with Gasteiger partial charge in [-0.25, -0.2) is 0 Å². The molecule has 0 aliphatic rings. The molecule has 0 saturated heterocycles. The lowest BCUT2D eigenvalue weighted by molar-refractivity contribution is 0.216. The molecule has 1 nitrogen and oxygen atoms in total. The summed E-state index contributed by atoms with van der Waals surface area (Å²) in [5.41, 5.74) is 0.487. The van der Waals surface area contributed by atoms with Crippen LogP contribution in [0.15, 0.2) is 0 Å². The van der Waals surface area contributed by atoms with Gasteiger partial charge in [-0.1, -0.05) is 41.0 Å². The molecule has 1 heteroatoms. The Labute approximate surface area is 77.9 Å². The van der Waals surface area contributed by atoms with E-state index >= 15 is 0 Å². The Balaban J connectivity index is 3.63. The van der Waals surface area contributed by atoms with E-state index in [0.717, 1.165) is 19.0 Å². The normalized spacial score (nSPS) is 14.8. The molecule has 0 heterocycles. The third-order valence-electron chi connectivity index (χ3n) is 3.12. The van der Waals surface area contributed by atoms with Crippen molar-refractivity contribution in [3.63, 3.8) is 0 Å². The van der Waals surface area contributed by atoms with Gasteiger partial charge in [0.25, 0.3) is 0 Å². The Morgan fingerprint density at radius 2 is 1.83 bits per heavy atom. The summed E-state index contributed by atoms with van der Waals surface area (Å²) in [7, 11) is 0. The molecule has 0 amide bonds. The summed E-state index contributed by atoms with van der Waals surface area (Å²) in [6.07, 6.45) is 2.50. The van der Waals surface area contributed by atoms with Crippen LogP contribution in [0.25, 0.3) is 0 Å². The van der Waals surface area contributed by atoms with Crippen LogP contribution in [-0.4, -0.2) is 13.1 Å². The molecule has 0 saturated carbocycles. The van der Waals surface area contributed by atoms with Gasteiger partial charge in [-0.3, -0.25) is 0 Å². The standard InChI is InChI=1S/C11H25N/c1-6-8-12-9-10(3)11(4,5)7-2/h10,12H,6-9H2,1-5H3. The smallest absolute Gasteiger partial charge is 0.00181 e. The maximum Gasteiger partial charge on any atom is -0.00181 e. The Bertz CT molecular complexity index is 108. The summed E-state index contributed by atoms with van der Waals surface area (Å²) in [4.78, 5) is 0. The second kappa shape index (κ2) is 5.58. The molecular formula is C11H25N. The van der Waals surface area contributed by atoms with Crippen molar-refractivity contribution in [1.82, 2.24) is 5.32 Å². The zero-order valence-electron chi connectivity index (χ0n) is 9.41. The molecule has 1 unspecified atom stereocenters. The summed E-state index contributed by atoms with van der Waals surface area (Å²) >= 11 is 0. The Kier molecular flexibility index (Phi) is 5.56. The lowest BCUT2D eigenvalue weighted by Gasteiger charge is -2.30. The van der Waals surface area contributed by atoms with Crippen molar-refractivity contribution in [3.8, 4) is 0 Å². The van der Waals surface area contributed by atoms with E-state index in [2.05, 4.69) is 39.9 Å². The maximum absolute atomic E-state index is 3.48. The molecule has 0 aliphatic carbocycles. The molecular weight excluding hydrogens is 146 g/mol. The Morgan fingerprint density at radius 3 is 2.25 bits per heavy atom. The van der Waals surface area contributed by atoms with Gasteiger partial charge >= 0.3 is 0 Å². The molecule has 0 aliphatic heterocycles. The van der Waals surface area contributed by atoms with E-state index in [1.807, 2.05) is 0 Å². The molecule has 0 rings (SSSR count). The minimum Gasteiger partial charge on any atom is -0.316 e. The first-order valence-electron chi connectivity index (χ1n) is 5.25. The first-order valence-corrected chi connectivity index (χ1v) is 5.25. The van der Waals surface area contributed by atoms with Crippen molar-refractivity contribution < 1.29 is 0 Å². The number of rotatable bonds is 6. The average molecular weight is 171 g/mol. The van der Waals surface area contributed by atoms with Crippen molar-refractivity contribution in [3.05, 3.63) is 0 Å². The predicted octanol–water partition coefficient (Wildman–Crippen LogP) is 3.06. The summed E-state index contributed by atoms with van der Waals surface area (Å²) in [6, 6.07) is 0. The topological polar surface area (TPSA) is 12.0 Å². The number of hydrogen-bond acceptors (Lipinski definition) is 1. The van der Waals surface area contributed by atoms with Gasteiger partial charge < -0.3 is 5.32 Å². The highest BCUT2D eigenvalue weighted by Gasteiger charge is 2.22. The maximum atomic E-state index is 3.48. The minimum absolute atomic E-state index is 0.487. The van der Waals surface area contributed by atoms with E-state index in [4.69, 9.17) is 0 Å². The molecule has 1 atom stereocenters. The van der Waals surface area contributed by atoms with Crippen LogP contribution in [0.5, 0.6) is 0 Å². The highest BCUT2D eigenvalue weighted by molar-refractivity contribution is 4.75. The summed E-state index contributed by atoms with van der Waals surface area (Å²) in [6.45, 7) is 13.8. The van der Waals surface area contributed by atoms with Crippen LogP contribution >= 0.6 is 0 Å². The van der Waals surface area contributed by atoms with Crippen molar-refractivity contribution in [2.45, 2.75) is 47.5 Å². The molecule has 0 bridgehead atoms. The second-order valence-corrected chi connectivity index (χ2v) is 4.45. The van der Waals surface area contributed by atoms with Crippen LogP contribution in [0.1, 0.15) is 47.5 Å². The van der Waals surface area contributed by atoms with Gasteiger partial charge in [-0.2, -0.15) is 0 Å². The Morgan fingerprint density at radius 1 is 1.25 bits per heavy atom. The molecule has 0 fully saturated rings. The van der Waals surface area contributed by atoms with Gasteiger partial charge in [-0.05, 0) is 30.8 Å². The molecule has 12 heavy (non-hydrogen) atoms. The van der Waals surface area contributed by atoms with E-state index in [-0.39, 0.29) is 0 Å². The SMILES string of the molecule is CCCNCC(C)C(C)(C)CC. The van der Waals surface area contributed by atoms with Crippen molar-refractivity contribution in [1.29, 1.82) is 0 Å². The lowest BCUT2D eigenvalue weighted by atomic mass is 9.78. The van der Waals surface area contributed by atoms with E-state index in [9.17, 15) is 0 Å². The van der Waals surface area contributed by atoms with Crippen LogP contribution < -0.4 is 5.32 Å². The third kappa shape index (κ3) is 4.10. The third-order valence-corrected chi connectivity index (χ3v) is 3.12. The second-order valence-electron chi connectivity index (χ2n) is 4.45. The van der Waals surface area contributed by atoms with Crippen molar-refractivity contribution >= 4 is 0 Å². The fourth-order valence-corrected chi connectivity index (χ4v) is 1.12. The fourth-order valence-electron chi connectivity index (χ4n) is 1.12. The Hall–Kier alpha value is -0.0400. The van der Waals surface area contributed by atoms with Gasteiger partial charge in [0.05, 0.1) is 0 Å². The van der Waals surface area contributed by atoms with Crippen LogP contribution in [-0.2, 0) is 0 Å². The highest BCUT2D eigenvalue weighted by Crippen LogP contribution is 2.29. The number of hydrogen-bond donors (Lipinski definition) is 1. The van der Waals surface area contributed by atoms with Gasteiger partial charge in [0.2, 0.25) is 0 Å². The van der Waals surface area contributed by atoms with Crippen molar-refractivity contribution in [2.24, 2.45) is 11.3 Å². The van der Waals surface area contributed by atoms with Crippen molar-refractivity contribution in [2.75, 3.05) is 13.1 Å². The fraction of sp³-hybridized carbons (Fsp3) is 1.00. The van der Waals surface area contributed by atoms with Gasteiger partial charge in [0.15, 0.2) is 0 Å². The monoisotopic (exact) mass is 171 g/mol. The van der Waals surface area contributed by atoms with E-state index in [1.54, 1.807) is 0 Å². The van der Waals surface area contributed by atoms with E-state index in [1.165, 1.54) is 12.8 Å².